The molecule has 3 fully saturated rings. The lowest BCUT2D eigenvalue weighted by Crippen LogP contribution is -2.73. The highest BCUT2D eigenvalue weighted by atomic mass is 16.4. The highest BCUT2D eigenvalue weighted by molar-refractivity contribution is 6.00. The average molecular weight is 542 g/mol. The molecule has 0 unspecified atom stereocenters. The molecule has 2 saturated heterocycles. The second kappa shape index (κ2) is 13.3. The van der Waals surface area contributed by atoms with Crippen LogP contribution in [0.1, 0.15) is 106 Å². The van der Waals surface area contributed by atoms with E-state index >= 15 is 0 Å². The summed E-state index contributed by atoms with van der Waals surface area (Å²) in [5.41, 5.74) is -0.136. The molecule has 8 heteroatoms. The van der Waals surface area contributed by atoms with Gasteiger partial charge in [0, 0.05) is 26.1 Å². The van der Waals surface area contributed by atoms with Gasteiger partial charge in [-0.3, -0.25) is 9.59 Å². The number of aryl methyl sites for hydroxylation is 1. The van der Waals surface area contributed by atoms with E-state index in [4.69, 9.17) is 5.11 Å². The molecule has 2 amide bonds. The van der Waals surface area contributed by atoms with Gasteiger partial charge in [0.1, 0.15) is 11.6 Å². The largest absolute Gasteiger partial charge is 0.478 e. The second-order valence-electron chi connectivity index (χ2n) is 12.0. The van der Waals surface area contributed by atoms with E-state index in [1.165, 1.54) is 0 Å². The molecule has 1 atom stereocenters. The smallest absolute Gasteiger partial charge is 0.335 e. The minimum absolute atomic E-state index is 0.00751. The zero-order chi connectivity index (χ0) is 27.9. The maximum atomic E-state index is 13.7. The summed E-state index contributed by atoms with van der Waals surface area (Å²) in [4.78, 5) is 42.6. The zero-order valence-corrected chi connectivity index (χ0v) is 23.6. The lowest BCUT2D eigenvalue weighted by molar-refractivity contribution is -0.163. The third kappa shape index (κ3) is 7.20. The van der Waals surface area contributed by atoms with Crippen molar-refractivity contribution in [1.82, 2.24) is 15.1 Å². The van der Waals surface area contributed by atoms with Crippen LogP contribution in [0.15, 0.2) is 24.3 Å². The Hall–Kier alpha value is -2.45. The zero-order valence-electron chi connectivity index (χ0n) is 23.6. The monoisotopic (exact) mass is 541 g/mol. The van der Waals surface area contributed by atoms with E-state index in [1.807, 2.05) is 17.0 Å². The Kier molecular flexibility index (Phi) is 10.0. The number of aromatic carboxylic acids is 1. The number of likely N-dealkylation sites (tertiary alicyclic amines) is 1. The minimum Gasteiger partial charge on any atom is -0.478 e. The summed E-state index contributed by atoms with van der Waals surface area (Å²) in [6.07, 6.45) is 12.1. The molecular weight excluding hydrogens is 494 g/mol. The first-order chi connectivity index (χ1) is 18.8. The van der Waals surface area contributed by atoms with Gasteiger partial charge in [-0.2, -0.15) is 0 Å². The predicted molar refractivity (Wildman–Crippen MR) is 151 cm³/mol. The molecule has 39 heavy (non-hydrogen) atoms. The number of benzene rings is 1. The topological polar surface area (TPSA) is 110 Å². The molecule has 1 spiro atoms. The first-order valence-electron chi connectivity index (χ1n) is 15.2. The van der Waals surface area contributed by atoms with Crippen molar-refractivity contribution in [3.05, 3.63) is 35.4 Å². The lowest BCUT2D eigenvalue weighted by atomic mass is 9.77. The van der Waals surface area contributed by atoms with E-state index in [9.17, 15) is 19.5 Å². The second-order valence-corrected chi connectivity index (χ2v) is 12.0. The molecule has 0 bridgehead atoms. The highest BCUT2D eigenvalue weighted by Crippen LogP contribution is 2.37. The summed E-state index contributed by atoms with van der Waals surface area (Å²) in [7, 11) is 0. The Morgan fingerprint density at radius 1 is 0.949 bits per heavy atom. The number of nitrogens with one attached hydrogen (secondary N) is 1. The number of carboxylic acid groups (broad SMARTS) is 1. The van der Waals surface area contributed by atoms with E-state index in [1.54, 1.807) is 12.1 Å². The summed E-state index contributed by atoms with van der Waals surface area (Å²) in [5.74, 6) is -0.936. The van der Waals surface area contributed by atoms with Crippen LogP contribution >= 0.6 is 0 Å². The Morgan fingerprint density at radius 2 is 1.64 bits per heavy atom. The van der Waals surface area contributed by atoms with Gasteiger partial charge in [-0.1, -0.05) is 51.2 Å². The summed E-state index contributed by atoms with van der Waals surface area (Å²) >= 11 is 0. The normalized spacial score (nSPS) is 23.1. The van der Waals surface area contributed by atoms with E-state index in [2.05, 4.69) is 17.1 Å². The Bertz CT molecular complexity index is 980. The lowest BCUT2D eigenvalue weighted by Gasteiger charge is -2.52. The number of nitrogens with zero attached hydrogens (tertiary/aromatic N) is 2. The minimum atomic E-state index is -0.897. The van der Waals surface area contributed by atoms with E-state index in [0.717, 1.165) is 83.0 Å². The van der Waals surface area contributed by atoms with Crippen molar-refractivity contribution in [3.63, 3.8) is 0 Å². The first kappa shape index (κ1) is 29.5. The Balaban J connectivity index is 1.27. The molecule has 3 N–H and O–H groups in total. The first-order valence-corrected chi connectivity index (χ1v) is 15.2. The quantitative estimate of drug-likeness (QED) is 0.343. The van der Waals surface area contributed by atoms with Crippen molar-refractivity contribution in [2.75, 3.05) is 26.2 Å². The van der Waals surface area contributed by atoms with Crippen molar-refractivity contribution in [2.45, 2.75) is 114 Å². The van der Waals surface area contributed by atoms with Crippen LogP contribution in [0.5, 0.6) is 0 Å². The fourth-order valence-corrected chi connectivity index (χ4v) is 6.75. The van der Waals surface area contributed by atoms with Gasteiger partial charge in [-0.15, -0.1) is 0 Å². The Labute approximate surface area is 233 Å². The van der Waals surface area contributed by atoms with Crippen LogP contribution in [0.4, 0.5) is 0 Å². The number of carbonyl (C=O) groups is 3. The van der Waals surface area contributed by atoms with E-state index < -0.39 is 23.2 Å². The van der Waals surface area contributed by atoms with Gasteiger partial charge in [-0.25, -0.2) is 4.79 Å². The summed E-state index contributed by atoms with van der Waals surface area (Å²) < 4.78 is 0. The van der Waals surface area contributed by atoms with Gasteiger partial charge in [0.15, 0.2) is 0 Å². The SMILES string of the molecule is CCCCN1C(=O)[C@@H](CC2(O)CCCCC2)NC(=O)C12CCN(CCCCCc1ccc(C(=O)O)cc1)CC2. The molecule has 2 aliphatic heterocycles. The number of carbonyl (C=O) groups excluding carboxylic acids is 2. The summed E-state index contributed by atoms with van der Waals surface area (Å²) in [6.45, 7) is 5.29. The molecule has 4 rings (SSSR count). The molecule has 3 aliphatic rings. The fraction of sp³-hybridized carbons (Fsp3) is 0.710. The van der Waals surface area contributed by atoms with Gasteiger partial charge in [0.05, 0.1) is 11.2 Å². The van der Waals surface area contributed by atoms with Crippen LogP contribution in [0.3, 0.4) is 0 Å². The number of amides is 2. The van der Waals surface area contributed by atoms with Crippen LogP contribution in [0, 0.1) is 0 Å². The molecular formula is C31H47N3O5. The summed E-state index contributed by atoms with van der Waals surface area (Å²) in [5, 5.41) is 23.2. The van der Waals surface area contributed by atoms with Crippen molar-refractivity contribution in [1.29, 1.82) is 0 Å². The van der Waals surface area contributed by atoms with Gasteiger partial charge in [-0.05, 0) is 75.6 Å². The molecule has 8 nitrogen and oxygen atoms in total. The number of carboxylic acids is 1. The van der Waals surface area contributed by atoms with E-state index in [-0.39, 0.29) is 11.8 Å². The molecule has 2 heterocycles. The maximum absolute atomic E-state index is 13.7. The number of hydrogen-bond acceptors (Lipinski definition) is 5. The number of aliphatic hydroxyl groups is 1. The van der Waals surface area contributed by atoms with Crippen molar-refractivity contribution >= 4 is 17.8 Å². The third-order valence-corrected chi connectivity index (χ3v) is 9.24. The summed E-state index contributed by atoms with van der Waals surface area (Å²) in [6, 6.07) is 6.50. The number of unbranched alkanes of at least 4 members (excludes halogenated alkanes) is 3. The number of hydrogen-bond donors (Lipinski definition) is 3. The van der Waals surface area contributed by atoms with Gasteiger partial charge in [0.25, 0.3) is 0 Å². The Morgan fingerprint density at radius 3 is 2.28 bits per heavy atom. The van der Waals surface area contributed by atoms with Crippen LogP contribution in [-0.4, -0.2) is 81.2 Å². The van der Waals surface area contributed by atoms with Crippen LogP contribution in [0.2, 0.25) is 0 Å². The van der Waals surface area contributed by atoms with E-state index in [0.29, 0.717) is 44.2 Å². The molecule has 1 aromatic rings. The number of rotatable bonds is 12. The van der Waals surface area contributed by atoms with Crippen molar-refractivity contribution in [2.24, 2.45) is 0 Å². The molecule has 1 aromatic carbocycles. The van der Waals surface area contributed by atoms with Crippen molar-refractivity contribution in [3.8, 4) is 0 Å². The maximum Gasteiger partial charge on any atom is 0.335 e. The highest BCUT2D eigenvalue weighted by Gasteiger charge is 2.54. The van der Waals surface area contributed by atoms with Gasteiger partial charge < -0.3 is 25.3 Å². The molecule has 0 radical (unpaired) electrons. The average Bonchev–Trinajstić information content (AvgIpc) is 2.93. The van der Waals surface area contributed by atoms with Crippen LogP contribution in [0.25, 0.3) is 0 Å². The molecule has 0 aromatic heterocycles. The molecule has 1 saturated carbocycles. The predicted octanol–water partition coefficient (Wildman–Crippen LogP) is 4.14. The number of piperidine rings is 1. The number of piperazine rings is 1. The van der Waals surface area contributed by atoms with Crippen molar-refractivity contribution < 1.29 is 24.6 Å². The van der Waals surface area contributed by atoms with Gasteiger partial charge in [0.2, 0.25) is 11.8 Å². The van der Waals surface area contributed by atoms with Crippen LogP contribution in [-0.2, 0) is 16.0 Å². The molecule has 216 valence electrons. The molecule has 1 aliphatic carbocycles. The van der Waals surface area contributed by atoms with Crippen LogP contribution < -0.4 is 5.32 Å². The third-order valence-electron chi connectivity index (χ3n) is 9.24. The standard InChI is InChI=1S/C31H47N3O5/c1-2-3-20-34-27(35)26(23-30(39)15-7-5-8-16-30)32-29(38)31(34)17-21-33(22-18-31)19-9-4-6-10-24-11-13-25(14-12-24)28(36)37/h11-14,26,39H,2-10,15-23H2,1H3,(H,32,38)(H,36,37)/t26-/m1/s1. The fourth-order valence-electron chi connectivity index (χ4n) is 6.75. The van der Waals surface area contributed by atoms with Gasteiger partial charge >= 0.3 is 5.97 Å².